The number of fused-ring (bicyclic) bond motifs is 1. The number of carbonyl (C=O) groups is 1. The van der Waals surface area contributed by atoms with Crippen molar-refractivity contribution in [3.8, 4) is 0 Å². The number of halogens is 4. The van der Waals surface area contributed by atoms with Crippen molar-refractivity contribution in [1.82, 2.24) is 0 Å². The summed E-state index contributed by atoms with van der Waals surface area (Å²) in [5.74, 6) is -0.751. The molecule has 120 valence electrons. The summed E-state index contributed by atoms with van der Waals surface area (Å²) in [6.07, 6.45) is -3.08. The van der Waals surface area contributed by atoms with Gasteiger partial charge < -0.3 is 4.90 Å². The summed E-state index contributed by atoms with van der Waals surface area (Å²) < 4.78 is 51.0. The van der Waals surface area contributed by atoms with Crippen molar-refractivity contribution in [3.63, 3.8) is 0 Å². The Morgan fingerprint density at radius 3 is 2.39 bits per heavy atom. The normalized spacial score (nSPS) is 14.5. The number of alkyl halides is 3. The van der Waals surface area contributed by atoms with Gasteiger partial charge in [-0.3, -0.25) is 4.79 Å². The lowest BCUT2D eigenvalue weighted by molar-refractivity contribution is -0.137. The largest absolute Gasteiger partial charge is 0.416 e. The van der Waals surface area contributed by atoms with Crippen molar-refractivity contribution < 1.29 is 22.4 Å². The molecule has 1 heterocycles. The van der Waals surface area contributed by atoms with Gasteiger partial charge in [0.25, 0.3) is 5.91 Å². The van der Waals surface area contributed by atoms with Gasteiger partial charge in [-0.1, -0.05) is 0 Å². The van der Waals surface area contributed by atoms with E-state index in [4.69, 9.17) is 0 Å². The van der Waals surface area contributed by atoms with E-state index >= 15 is 0 Å². The maximum atomic E-state index is 13.3. The molecule has 3 rings (SSSR count). The average molecular weight is 323 g/mol. The quantitative estimate of drug-likeness (QED) is 0.711. The van der Waals surface area contributed by atoms with E-state index < -0.39 is 11.7 Å². The molecule has 0 aliphatic carbocycles. The van der Waals surface area contributed by atoms with E-state index in [1.807, 2.05) is 0 Å². The first-order chi connectivity index (χ1) is 10.9. The van der Waals surface area contributed by atoms with Crippen LogP contribution in [0, 0.1) is 5.82 Å². The Hall–Kier alpha value is -2.37. The second-order valence-corrected chi connectivity index (χ2v) is 5.41. The zero-order valence-corrected chi connectivity index (χ0v) is 12.0. The van der Waals surface area contributed by atoms with E-state index in [9.17, 15) is 22.4 Å². The molecule has 2 nitrogen and oxygen atoms in total. The molecule has 0 spiro atoms. The molecule has 2 aromatic carbocycles. The minimum atomic E-state index is -4.43. The van der Waals surface area contributed by atoms with Gasteiger partial charge in [-0.15, -0.1) is 0 Å². The molecule has 0 saturated carbocycles. The first-order valence-corrected chi connectivity index (χ1v) is 7.14. The Bertz CT molecular complexity index is 737. The van der Waals surface area contributed by atoms with E-state index in [2.05, 4.69) is 0 Å². The van der Waals surface area contributed by atoms with Crippen LogP contribution in [-0.2, 0) is 12.6 Å². The highest BCUT2D eigenvalue weighted by Crippen LogP contribution is 2.31. The molecule has 0 radical (unpaired) electrons. The van der Waals surface area contributed by atoms with Crippen LogP contribution in [0.1, 0.15) is 27.9 Å². The van der Waals surface area contributed by atoms with Crippen LogP contribution in [0.2, 0.25) is 0 Å². The van der Waals surface area contributed by atoms with Crippen molar-refractivity contribution in [1.29, 1.82) is 0 Å². The number of nitrogens with zero attached hydrogens (tertiary/aromatic N) is 1. The van der Waals surface area contributed by atoms with Crippen LogP contribution in [0.5, 0.6) is 0 Å². The number of amides is 1. The Balaban J connectivity index is 1.90. The van der Waals surface area contributed by atoms with Gasteiger partial charge in [-0.25, -0.2) is 4.39 Å². The summed E-state index contributed by atoms with van der Waals surface area (Å²) in [5.41, 5.74) is 0.726. The van der Waals surface area contributed by atoms with Crippen molar-refractivity contribution in [2.75, 3.05) is 11.4 Å². The number of hydrogen-bond acceptors (Lipinski definition) is 1. The van der Waals surface area contributed by atoms with Gasteiger partial charge in [-0.05, 0) is 60.9 Å². The van der Waals surface area contributed by atoms with Gasteiger partial charge in [0, 0.05) is 17.8 Å². The van der Waals surface area contributed by atoms with Gasteiger partial charge >= 0.3 is 6.18 Å². The maximum absolute atomic E-state index is 13.3. The summed E-state index contributed by atoms with van der Waals surface area (Å²) in [5, 5.41) is 0. The smallest absolute Gasteiger partial charge is 0.308 e. The van der Waals surface area contributed by atoms with Crippen molar-refractivity contribution in [3.05, 3.63) is 65.0 Å². The minimum Gasteiger partial charge on any atom is -0.308 e. The van der Waals surface area contributed by atoms with Gasteiger partial charge in [0.15, 0.2) is 0 Å². The summed E-state index contributed by atoms with van der Waals surface area (Å²) in [7, 11) is 0. The molecule has 23 heavy (non-hydrogen) atoms. The third-order valence-electron chi connectivity index (χ3n) is 3.86. The number of hydrogen-bond donors (Lipinski definition) is 0. The molecule has 0 fully saturated rings. The zero-order valence-electron chi connectivity index (χ0n) is 12.0. The summed E-state index contributed by atoms with van der Waals surface area (Å²) >= 11 is 0. The molecule has 0 unspecified atom stereocenters. The number of rotatable bonds is 1. The number of anilines is 1. The molecule has 1 aliphatic heterocycles. The third-order valence-corrected chi connectivity index (χ3v) is 3.86. The number of aryl methyl sites for hydroxylation is 1. The molecule has 0 aromatic heterocycles. The maximum Gasteiger partial charge on any atom is 0.416 e. The van der Waals surface area contributed by atoms with E-state index in [1.165, 1.54) is 35.2 Å². The van der Waals surface area contributed by atoms with Crippen LogP contribution < -0.4 is 4.90 Å². The molecule has 6 heteroatoms. The van der Waals surface area contributed by atoms with Gasteiger partial charge in [0.1, 0.15) is 5.82 Å². The van der Waals surface area contributed by atoms with Crippen LogP contribution in [0.15, 0.2) is 42.5 Å². The second kappa shape index (κ2) is 5.68. The Labute approximate surface area is 130 Å². The second-order valence-electron chi connectivity index (χ2n) is 5.41. The predicted octanol–water partition coefficient (Wildman–Crippen LogP) is 4.44. The summed E-state index contributed by atoms with van der Waals surface area (Å²) in [6, 6.07) is 8.32. The fourth-order valence-electron chi connectivity index (χ4n) is 2.73. The lowest BCUT2D eigenvalue weighted by Crippen LogP contribution is -2.35. The SMILES string of the molecule is O=C(c1ccc(C(F)(F)F)cc1)N1CCCc2cc(F)ccc21. The minimum absolute atomic E-state index is 0.176. The molecule has 0 N–H and O–H groups in total. The van der Waals surface area contributed by atoms with Crippen molar-refractivity contribution >= 4 is 11.6 Å². The van der Waals surface area contributed by atoms with E-state index in [-0.39, 0.29) is 17.3 Å². The van der Waals surface area contributed by atoms with E-state index in [1.54, 1.807) is 0 Å². The summed E-state index contributed by atoms with van der Waals surface area (Å²) in [6.45, 7) is 0.457. The topological polar surface area (TPSA) is 20.3 Å². The molecule has 0 atom stereocenters. The van der Waals surface area contributed by atoms with Crippen LogP contribution in [0.3, 0.4) is 0 Å². The Morgan fingerprint density at radius 2 is 1.74 bits per heavy atom. The molecule has 2 aromatic rings. The fourth-order valence-corrected chi connectivity index (χ4v) is 2.73. The molecule has 0 bridgehead atoms. The summed E-state index contributed by atoms with van der Waals surface area (Å²) in [4.78, 5) is 14.0. The molecule has 1 amide bonds. The van der Waals surface area contributed by atoms with E-state index in [0.29, 0.717) is 25.1 Å². The van der Waals surface area contributed by atoms with Crippen LogP contribution >= 0.6 is 0 Å². The first kappa shape index (κ1) is 15.5. The Kier molecular flexibility index (Phi) is 3.83. The highest BCUT2D eigenvalue weighted by atomic mass is 19.4. The molecule has 1 aliphatic rings. The lowest BCUT2D eigenvalue weighted by Gasteiger charge is -2.29. The molecular formula is C17H13F4NO. The van der Waals surface area contributed by atoms with Crippen LogP contribution in [0.4, 0.5) is 23.2 Å². The first-order valence-electron chi connectivity index (χ1n) is 7.14. The van der Waals surface area contributed by atoms with Crippen LogP contribution in [-0.4, -0.2) is 12.5 Å². The standard InChI is InChI=1S/C17H13F4NO/c18-14-7-8-15-12(10-14)2-1-9-22(15)16(23)11-3-5-13(6-4-11)17(19,20)21/h3-8,10H,1-2,9H2. The van der Waals surface area contributed by atoms with Crippen molar-refractivity contribution in [2.24, 2.45) is 0 Å². The average Bonchev–Trinajstić information content (AvgIpc) is 2.52. The third kappa shape index (κ3) is 3.06. The lowest BCUT2D eigenvalue weighted by atomic mass is 10.0. The van der Waals surface area contributed by atoms with E-state index in [0.717, 1.165) is 17.7 Å². The van der Waals surface area contributed by atoms with Gasteiger partial charge in [0.05, 0.1) is 5.56 Å². The van der Waals surface area contributed by atoms with Gasteiger partial charge in [0.2, 0.25) is 0 Å². The number of benzene rings is 2. The monoisotopic (exact) mass is 323 g/mol. The predicted molar refractivity (Wildman–Crippen MR) is 77.8 cm³/mol. The zero-order chi connectivity index (χ0) is 16.6. The van der Waals surface area contributed by atoms with Crippen LogP contribution in [0.25, 0.3) is 0 Å². The van der Waals surface area contributed by atoms with Gasteiger partial charge in [-0.2, -0.15) is 13.2 Å². The Morgan fingerprint density at radius 1 is 1.04 bits per heavy atom. The highest BCUT2D eigenvalue weighted by Gasteiger charge is 2.31. The highest BCUT2D eigenvalue weighted by molar-refractivity contribution is 6.06. The fraction of sp³-hybridized carbons (Fsp3) is 0.235. The molecule has 0 saturated heterocycles. The number of carbonyl (C=O) groups excluding carboxylic acids is 1. The molecular weight excluding hydrogens is 310 g/mol. The van der Waals surface area contributed by atoms with Crippen molar-refractivity contribution in [2.45, 2.75) is 19.0 Å².